The van der Waals surface area contributed by atoms with Gasteiger partial charge in [-0.25, -0.2) is 4.98 Å². The maximum absolute atomic E-state index is 6.20. The van der Waals surface area contributed by atoms with Crippen LogP contribution in [0.4, 0.5) is 11.4 Å². The van der Waals surface area contributed by atoms with Crippen LogP contribution >= 0.6 is 11.6 Å². The van der Waals surface area contributed by atoms with E-state index in [9.17, 15) is 0 Å². The smallest absolute Gasteiger partial charge is 0.188 e. The molecule has 0 amide bonds. The predicted molar refractivity (Wildman–Crippen MR) is 81.5 cm³/mol. The van der Waals surface area contributed by atoms with Gasteiger partial charge in [-0.3, -0.25) is 4.40 Å². The van der Waals surface area contributed by atoms with Crippen molar-refractivity contribution in [2.45, 2.75) is 13.8 Å². The zero-order valence-corrected chi connectivity index (χ0v) is 12.6. The maximum atomic E-state index is 6.20. The van der Waals surface area contributed by atoms with Crippen LogP contribution in [0, 0.1) is 13.8 Å². The second-order valence-electron chi connectivity index (χ2n) is 4.68. The minimum atomic E-state index is 0.345. The van der Waals surface area contributed by atoms with Gasteiger partial charge in [0.05, 0.1) is 7.11 Å². The maximum Gasteiger partial charge on any atom is 0.188 e. The number of fused-ring (bicyclic) bond motifs is 1. The van der Waals surface area contributed by atoms with Crippen molar-refractivity contribution in [2.75, 3.05) is 12.4 Å². The minimum Gasteiger partial charge on any atom is -0.496 e. The summed E-state index contributed by atoms with van der Waals surface area (Å²) in [6, 6.07) is 3.92. The van der Waals surface area contributed by atoms with Gasteiger partial charge < -0.3 is 10.1 Å². The van der Waals surface area contributed by atoms with Crippen molar-refractivity contribution in [1.29, 1.82) is 0 Å². The second-order valence-corrected chi connectivity index (χ2v) is 5.04. The largest absolute Gasteiger partial charge is 0.496 e. The van der Waals surface area contributed by atoms with Gasteiger partial charge in [0.25, 0.3) is 0 Å². The average Bonchev–Trinajstić information content (AvgIpc) is 2.94. The second kappa shape index (κ2) is 5.21. The van der Waals surface area contributed by atoms with Gasteiger partial charge in [-0.1, -0.05) is 17.7 Å². The van der Waals surface area contributed by atoms with Crippen LogP contribution < -0.4 is 10.1 Å². The van der Waals surface area contributed by atoms with E-state index in [-0.39, 0.29) is 0 Å². The van der Waals surface area contributed by atoms with E-state index in [0.717, 1.165) is 22.6 Å². The number of aryl methyl sites for hydroxylation is 1. The molecule has 3 rings (SSSR count). The van der Waals surface area contributed by atoms with Crippen molar-refractivity contribution >= 4 is 28.6 Å². The summed E-state index contributed by atoms with van der Waals surface area (Å²) < 4.78 is 7.07. The molecule has 0 fully saturated rings. The summed E-state index contributed by atoms with van der Waals surface area (Å²) in [7, 11) is 1.65. The van der Waals surface area contributed by atoms with Gasteiger partial charge in [-0.15, -0.1) is 10.2 Å². The fourth-order valence-electron chi connectivity index (χ4n) is 2.25. The lowest BCUT2D eigenvalue weighted by molar-refractivity contribution is 0.412. The van der Waals surface area contributed by atoms with Crippen LogP contribution in [0.15, 0.2) is 24.8 Å². The molecule has 108 valence electrons. The summed E-state index contributed by atoms with van der Waals surface area (Å²) in [4.78, 5) is 4.13. The summed E-state index contributed by atoms with van der Waals surface area (Å²) in [5, 5.41) is 11.6. The van der Waals surface area contributed by atoms with Crippen molar-refractivity contribution in [3.8, 4) is 5.75 Å². The quantitative estimate of drug-likeness (QED) is 0.753. The van der Waals surface area contributed by atoms with Crippen molar-refractivity contribution in [3.63, 3.8) is 0 Å². The number of hydrogen-bond acceptors (Lipinski definition) is 5. The van der Waals surface area contributed by atoms with E-state index in [1.807, 2.05) is 26.0 Å². The Bertz CT molecular complexity index is 814. The lowest BCUT2D eigenvalue weighted by Crippen LogP contribution is -2.02. The van der Waals surface area contributed by atoms with E-state index in [1.54, 1.807) is 24.2 Å². The molecule has 2 heterocycles. The van der Waals surface area contributed by atoms with Crippen LogP contribution in [0.3, 0.4) is 0 Å². The Morgan fingerprint density at radius 3 is 2.76 bits per heavy atom. The molecular weight excluding hydrogens is 290 g/mol. The number of hydrogen-bond donors (Lipinski definition) is 1. The highest BCUT2D eigenvalue weighted by atomic mass is 35.5. The Hall–Kier alpha value is -2.34. The van der Waals surface area contributed by atoms with Crippen molar-refractivity contribution in [3.05, 3.63) is 41.1 Å². The highest BCUT2D eigenvalue weighted by molar-refractivity contribution is 6.32. The average molecular weight is 304 g/mol. The van der Waals surface area contributed by atoms with Crippen molar-refractivity contribution in [1.82, 2.24) is 19.6 Å². The number of nitrogens with zero attached hydrogens (tertiary/aromatic N) is 4. The first-order valence-corrected chi connectivity index (χ1v) is 6.74. The molecule has 7 heteroatoms. The fraction of sp³-hybridized carbons (Fsp3) is 0.214. The Kier molecular flexibility index (Phi) is 3.39. The molecule has 1 N–H and O–H groups in total. The van der Waals surface area contributed by atoms with E-state index in [0.29, 0.717) is 16.5 Å². The Morgan fingerprint density at radius 1 is 1.19 bits per heavy atom. The van der Waals surface area contributed by atoms with Gasteiger partial charge in [0.2, 0.25) is 0 Å². The van der Waals surface area contributed by atoms with Crippen LogP contribution in [-0.2, 0) is 0 Å². The van der Waals surface area contributed by atoms with Crippen LogP contribution in [-0.4, -0.2) is 26.7 Å². The van der Waals surface area contributed by atoms with Gasteiger partial charge in [0.1, 0.15) is 24.1 Å². The van der Waals surface area contributed by atoms with Gasteiger partial charge >= 0.3 is 0 Å². The van der Waals surface area contributed by atoms with Gasteiger partial charge in [-0.2, -0.15) is 0 Å². The highest BCUT2D eigenvalue weighted by Gasteiger charge is 2.14. The molecule has 1 aromatic carbocycles. The standard InChI is InChI=1S/C14H14ClN5O/c1-8-4-5-10(21-3)9(2)11(8)18-12-13(15)16-6-20-7-17-19-14(12)20/h4-7,18H,1-3H3. The molecule has 0 bridgehead atoms. The molecule has 0 aliphatic rings. The first-order chi connectivity index (χ1) is 10.1. The zero-order chi connectivity index (χ0) is 15.0. The highest BCUT2D eigenvalue weighted by Crippen LogP contribution is 2.34. The topological polar surface area (TPSA) is 64.3 Å². The predicted octanol–water partition coefficient (Wildman–Crippen LogP) is 3.15. The van der Waals surface area contributed by atoms with Crippen molar-refractivity contribution < 1.29 is 4.74 Å². The molecule has 0 unspecified atom stereocenters. The molecule has 2 aromatic heterocycles. The molecule has 0 aliphatic carbocycles. The summed E-state index contributed by atoms with van der Waals surface area (Å²) in [5.41, 5.74) is 4.24. The number of aromatic nitrogens is 4. The molecular formula is C14H14ClN5O. The van der Waals surface area contributed by atoms with Crippen LogP contribution in [0.25, 0.3) is 5.65 Å². The van der Waals surface area contributed by atoms with Crippen LogP contribution in [0.1, 0.15) is 11.1 Å². The normalized spacial score (nSPS) is 10.9. The summed E-state index contributed by atoms with van der Waals surface area (Å²) in [6.07, 6.45) is 3.16. The molecule has 0 saturated heterocycles. The third-order valence-electron chi connectivity index (χ3n) is 3.39. The van der Waals surface area contributed by atoms with E-state index in [4.69, 9.17) is 16.3 Å². The monoisotopic (exact) mass is 303 g/mol. The summed E-state index contributed by atoms with van der Waals surface area (Å²) in [6.45, 7) is 4.00. The molecule has 3 aromatic rings. The molecule has 0 spiro atoms. The number of methoxy groups -OCH3 is 1. The third-order valence-corrected chi connectivity index (χ3v) is 3.68. The number of ether oxygens (including phenoxy) is 1. The van der Waals surface area contributed by atoms with E-state index in [1.165, 1.54) is 0 Å². The van der Waals surface area contributed by atoms with E-state index >= 15 is 0 Å². The van der Waals surface area contributed by atoms with Crippen LogP contribution in [0.2, 0.25) is 5.15 Å². The SMILES string of the molecule is COc1ccc(C)c(Nc2c(Cl)ncn3cnnc23)c1C. The lowest BCUT2D eigenvalue weighted by atomic mass is 10.1. The van der Waals surface area contributed by atoms with Gasteiger partial charge in [-0.05, 0) is 25.5 Å². The number of halogens is 1. The zero-order valence-electron chi connectivity index (χ0n) is 11.9. The number of rotatable bonds is 3. The van der Waals surface area contributed by atoms with Crippen LogP contribution in [0.5, 0.6) is 5.75 Å². The number of nitrogens with one attached hydrogen (secondary N) is 1. The number of anilines is 2. The fourth-order valence-corrected chi connectivity index (χ4v) is 2.43. The number of benzene rings is 1. The molecule has 0 saturated carbocycles. The summed E-state index contributed by atoms with van der Waals surface area (Å²) in [5.74, 6) is 0.806. The Labute approximate surface area is 126 Å². The van der Waals surface area contributed by atoms with E-state index in [2.05, 4.69) is 20.5 Å². The first-order valence-electron chi connectivity index (χ1n) is 6.37. The lowest BCUT2D eigenvalue weighted by Gasteiger charge is -2.16. The van der Waals surface area contributed by atoms with Crippen molar-refractivity contribution in [2.24, 2.45) is 0 Å². The molecule has 21 heavy (non-hydrogen) atoms. The Morgan fingerprint density at radius 2 is 2.00 bits per heavy atom. The van der Waals surface area contributed by atoms with Gasteiger partial charge in [0.15, 0.2) is 10.8 Å². The minimum absolute atomic E-state index is 0.345. The Balaban J connectivity index is 2.15. The first kappa shape index (κ1) is 13.6. The molecule has 6 nitrogen and oxygen atoms in total. The molecule has 0 atom stereocenters. The van der Waals surface area contributed by atoms with E-state index < -0.39 is 0 Å². The molecule has 0 aliphatic heterocycles. The third kappa shape index (κ3) is 2.27. The molecule has 0 radical (unpaired) electrons. The summed E-state index contributed by atoms with van der Waals surface area (Å²) >= 11 is 6.20. The van der Waals surface area contributed by atoms with Gasteiger partial charge in [0, 0.05) is 11.3 Å².